The van der Waals surface area contributed by atoms with Gasteiger partial charge in [-0.3, -0.25) is 9.59 Å². The van der Waals surface area contributed by atoms with Gasteiger partial charge in [0.05, 0.1) is 0 Å². The molecule has 18 heavy (non-hydrogen) atoms. The molecule has 1 heterocycles. The van der Waals surface area contributed by atoms with Gasteiger partial charge in [-0.25, -0.2) is 0 Å². The molecule has 1 saturated heterocycles. The van der Waals surface area contributed by atoms with Crippen LogP contribution in [0.2, 0.25) is 0 Å². The molecule has 1 aliphatic heterocycles. The molecule has 0 aromatic heterocycles. The summed E-state index contributed by atoms with van der Waals surface area (Å²) >= 11 is 0. The van der Waals surface area contributed by atoms with Crippen LogP contribution in [0.3, 0.4) is 0 Å². The average molecular weight is 255 g/mol. The Bertz CT molecular complexity index is 284. The maximum Gasteiger partial charge on any atom is 0.244 e. The molecule has 1 fully saturated rings. The molecule has 2 amide bonds. The lowest BCUT2D eigenvalue weighted by Crippen LogP contribution is -2.50. The lowest BCUT2D eigenvalue weighted by molar-refractivity contribution is -0.137. The van der Waals surface area contributed by atoms with Crippen LogP contribution in [-0.4, -0.2) is 42.4 Å². The molecule has 104 valence electrons. The molecule has 2 atom stereocenters. The summed E-state index contributed by atoms with van der Waals surface area (Å²) in [6, 6.07) is -0.448. The first-order chi connectivity index (χ1) is 8.60. The van der Waals surface area contributed by atoms with E-state index in [4.69, 9.17) is 5.73 Å². The van der Waals surface area contributed by atoms with Gasteiger partial charge in [0.2, 0.25) is 11.8 Å². The second-order valence-corrected chi connectivity index (χ2v) is 4.96. The van der Waals surface area contributed by atoms with Gasteiger partial charge in [0, 0.05) is 25.6 Å². The van der Waals surface area contributed by atoms with Gasteiger partial charge < -0.3 is 16.0 Å². The lowest BCUT2D eigenvalue weighted by atomic mass is 10.1. The number of hydrogen-bond donors (Lipinski definition) is 2. The monoisotopic (exact) mass is 255 g/mol. The van der Waals surface area contributed by atoms with Crippen LogP contribution in [0.5, 0.6) is 0 Å². The molecule has 0 aromatic carbocycles. The third-order valence-electron chi connectivity index (χ3n) is 3.55. The summed E-state index contributed by atoms with van der Waals surface area (Å²) in [7, 11) is 0. The van der Waals surface area contributed by atoms with E-state index in [2.05, 4.69) is 5.32 Å². The fourth-order valence-electron chi connectivity index (χ4n) is 2.24. The summed E-state index contributed by atoms with van der Waals surface area (Å²) in [6.45, 7) is 5.62. The number of nitrogens with two attached hydrogens (primary N) is 1. The molecule has 2 unspecified atom stereocenters. The SMILES string of the molecule is CCC(CN)C(=O)NC(C)C(=O)N1CCCCC1. The predicted molar refractivity (Wildman–Crippen MR) is 70.9 cm³/mol. The number of piperidine rings is 1. The van der Waals surface area contributed by atoms with Crippen molar-refractivity contribution in [1.29, 1.82) is 0 Å². The van der Waals surface area contributed by atoms with Crippen LogP contribution in [0.1, 0.15) is 39.5 Å². The van der Waals surface area contributed by atoms with E-state index in [0.29, 0.717) is 13.0 Å². The van der Waals surface area contributed by atoms with E-state index in [1.807, 2.05) is 11.8 Å². The van der Waals surface area contributed by atoms with Gasteiger partial charge in [-0.1, -0.05) is 6.92 Å². The van der Waals surface area contributed by atoms with Crippen molar-refractivity contribution in [2.75, 3.05) is 19.6 Å². The highest BCUT2D eigenvalue weighted by molar-refractivity contribution is 5.88. The van der Waals surface area contributed by atoms with Gasteiger partial charge in [0.1, 0.15) is 6.04 Å². The molecule has 0 bridgehead atoms. The largest absolute Gasteiger partial charge is 0.344 e. The van der Waals surface area contributed by atoms with Crippen molar-refractivity contribution in [2.45, 2.75) is 45.6 Å². The second kappa shape index (κ2) is 7.36. The van der Waals surface area contributed by atoms with Gasteiger partial charge in [-0.2, -0.15) is 0 Å². The van der Waals surface area contributed by atoms with Crippen LogP contribution in [-0.2, 0) is 9.59 Å². The first-order valence-electron chi connectivity index (χ1n) is 6.89. The van der Waals surface area contributed by atoms with Crippen molar-refractivity contribution in [3.63, 3.8) is 0 Å². The fraction of sp³-hybridized carbons (Fsp3) is 0.846. The zero-order chi connectivity index (χ0) is 13.5. The second-order valence-electron chi connectivity index (χ2n) is 4.96. The Morgan fingerprint density at radius 3 is 2.39 bits per heavy atom. The van der Waals surface area contributed by atoms with Crippen molar-refractivity contribution in [3.8, 4) is 0 Å². The quantitative estimate of drug-likeness (QED) is 0.750. The third-order valence-corrected chi connectivity index (χ3v) is 3.55. The van der Waals surface area contributed by atoms with Gasteiger partial charge >= 0.3 is 0 Å². The van der Waals surface area contributed by atoms with Crippen LogP contribution in [0.4, 0.5) is 0 Å². The van der Waals surface area contributed by atoms with Crippen LogP contribution in [0.15, 0.2) is 0 Å². The van der Waals surface area contributed by atoms with E-state index in [0.717, 1.165) is 25.9 Å². The number of hydrogen-bond acceptors (Lipinski definition) is 3. The van der Waals surface area contributed by atoms with E-state index in [1.54, 1.807) is 6.92 Å². The molecule has 3 N–H and O–H groups in total. The number of nitrogens with one attached hydrogen (secondary N) is 1. The lowest BCUT2D eigenvalue weighted by Gasteiger charge is -2.29. The topological polar surface area (TPSA) is 75.4 Å². The van der Waals surface area contributed by atoms with Crippen molar-refractivity contribution in [1.82, 2.24) is 10.2 Å². The van der Waals surface area contributed by atoms with Crippen molar-refractivity contribution in [2.24, 2.45) is 11.7 Å². The first-order valence-corrected chi connectivity index (χ1v) is 6.89. The Morgan fingerprint density at radius 1 is 1.28 bits per heavy atom. The normalized spacial score (nSPS) is 19.2. The van der Waals surface area contributed by atoms with Gasteiger partial charge in [0.25, 0.3) is 0 Å². The minimum Gasteiger partial charge on any atom is -0.344 e. The number of carbonyl (C=O) groups is 2. The number of rotatable bonds is 5. The van der Waals surface area contributed by atoms with Crippen molar-refractivity contribution >= 4 is 11.8 Å². The van der Waals surface area contributed by atoms with E-state index < -0.39 is 6.04 Å². The summed E-state index contributed by atoms with van der Waals surface area (Å²) in [6.07, 6.45) is 4.02. The zero-order valence-electron chi connectivity index (χ0n) is 11.4. The highest BCUT2D eigenvalue weighted by atomic mass is 16.2. The maximum absolute atomic E-state index is 12.1. The molecule has 0 aromatic rings. The number of carbonyl (C=O) groups excluding carboxylic acids is 2. The van der Waals surface area contributed by atoms with Gasteiger partial charge in [0.15, 0.2) is 0 Å². The summed E-state index contributed by atoms with van der Waals surface area (Å²) in [5, 5.41) is 2.77. The Kier molecular flexibility index (Phi) is 6.12. The zero-order valence-corrected chi connectivity index (χ0v) is 11.4. The van der Waals surface area contributed by atoms with Crippen LogP contribution < -0.4 is 11.1 Å². The Labute approximate surface area is 109 Å². The Hall–Kier alpha value is -1.10. The highest BCUT2D eigenvalue weighted by Crippen LogP contribution is 2.10. The van der Waals surface area contributed by atoms with E-state index >= 15 is 0 Å². The summed E-state index contributed by atoms with van der Waals surface area (Å²) in [5.74, 6) is -0.283. The number of nitrogens with zero attached hydrogens (tertiary/aromatic N) is 1. The van der Waals surface area contributed by atoms with Gasteiger partial charge in [-0.05, 0) is 32.6 Å². The third kappa shape index (κ3) is 3.98. The first kappa shape index (κ1) is 15.0. The van der Waals surface area contributed by atoms with Crippen LogP contribution >= 0.6 is 0 Å². The molecule has 5 heteroatoms. The molecular formula is C13H25N3O2. The van der Waals surface area contributed by atoms with Crippen molar-refractivity contribution < 1.29 is 9.59 Å². The van der Waals surface area contributed by atoms with E-state index in [9.17, 15) is 9.59 Å². The smallest absolute Gasteiger partial charge is 0.244 e. The summed E-state index contributed by atoms with van der Waals surface area (Å²) < 4.78 is 0. The molecule has 0 spiro atoms. The standard InChI is InChI=1S/C13H25N3O2/c1-3-11(9-14)12(17)15-10(2)13(18)16-7-5-4-6-8-16/h10-11H,3-9,14H2,1-2H3,(H,15,17). The van der Waals surface area contributed by atoms with E-state index in [1.165, 1.54) is 6.42 Å². The van der Waals surface area contributed by atoms with E-state index in [-0.39, 0.29) is 17.7 Å². The van der Waals surface area contributed by atoms with Crippen LogP contribution in [0, 0.1) is 5.92 Å². The number of amides is 2. The Balaban J connectivity index is 2.45. The minimum absolute atomic E-state index is 0.0231. The molecule has 0 saturated carbocycles. The molecule has 5 nitrogen and oxygen atoms in total. The molecular weight excluding hydrogens is 230 g/mol. The molecule has 1 rings (SSSR count). The minimum atomic E-state index is -0.448. The van der Waals surface area contributed by atoms with Crippen LogP contribution in [0.25, 0.3) is 0 Å². The van der Waals surface area contributed by atoms with Crippen molar-refractivity contribution in [3.05, 3.63) is 0 Å². The average Bonchev–Trinajstić information content (AvgIpc) is 2.40. The summed E-state index contributed by atoms with van der Waals surface area (Å²) in [4.78, 5) is 25.8. The summed E-state index contributed by atoms with van der Waals surface area (Å²) in [5.41, 5.74) is 5.52. The fourth-order valence-corrected chi connectivity index (χ4v) is 2.24. The Morgan fingerprint density at radius 2 is 1.89 bits per heavy atom. The van der Waals surface area contributed by atoms with Gasteiger partial charge in [-0.15, -0.1) is 0 Å². The molecule has 0 aliphatic carbocycles. The molecule has 1 aliphatic rings. The molecule has 0 radical (unpaired) electrons. The maximum atomic E-state index is 12.1. The number of likely N-dealkylation sites (tertiary alicyclic amines) is 1. The predicted octanol–water partition coefficient (Wildman–Crippen LogP) is 0.489. The highest BCUT2D eigenvalue weighted by Gasteiger charge is 2.25.